The summed E-state index contributed by atoms with van der Waals surface area (Å²) in [4.78, 5) is 18.5. The smallest absolute Gasteiger partial charge is 0.260 e. The number of ether oxygens (including phenoxy) is 2. The van der Waals surface area contributed by atoms with Crippen LogP contribution < -0.4 is 4.74 Å². The number of amides is 1. The second-order valence-corrected chi connectivity index (χ2v) is 6.35. The highest BCUT2D eigenvalue weighted by atomic mass is 16.5. The number of hydrogen-bond acceptors (Lipinski definition) is 5. The van der Waals surface area contributed by atoms with E-state index in [-0.39, 0.29) is 24.7 Å². The lowest BCUT2D eigenvalue weighted by Gasteiger charge is -2.28. The molecule has 2 aromatic rings. The van der Waals surface area contributed by atoms with Crippen LogP contribution in [0.4, 0.5) is 0 Å². The molecule has 0 N–H and O–H groups in total. The number of pyridine rings is 1. The number of rotatable bonds is 5. The normalized spacial score (nSPS) is 19.8. The van der Waals surface area contributed by atoms with Crippen molar-refractivity contribution in [2.45, 2.75) is 32.4 Å². The van der Waals surface area contributed by atoms with Gasteiger partial charge in [0.25, 0.3) is 5.91 Å². The van der Waals surface area contributed by atoms with E-state index in [0.29, 0.717) is 12.4 Å². The lowest BCUT2D eigenvalue weighted by atomic mass is 10.0. The molecule has 3 heterocycles. The van der Waals surface area contributed by atoms with E-state index in [0.717, 1.165) is 23.4 Å². The summed E-state index contributed by atoms with van der Waals surface area (Å²) in [6, 6.07) is 3.84. The van der Waals surface area contributed by atoms with Crippen molar-refractivity contribution in [2.24, 2.45) is 7.05 Å². The maximum absolute atomic E-state index is 12.6. The number of nitrogens with zero attached hydrogens (tertiary/aromatic N) is 4. The Morgan fingerprint density at radius 3 is 2.92 bits per heavy atom. The van der Waals surface area contributed by atoms with Crippen molar-refractivity contribution >= 4 is 5.91 Å². The van der Waals surface area contributed by atoms with Crippen molar-refractivity contribution in [1.29, 1.82) is 0 Å². The molecule has 1 aliphatic rings. The van der Waals surface area contributed by atoms with Crippen molar-refractivity contribution in [3.63, 3.8) is 0 Å². The van der Waals surface area contributed by atoms with Crippen molar-refractivity contribution in [2.75, 3.05) is 20.3 Å². The van der Waals surface area contributed by atoms with Gasteiger partial charge in [-0.25, -0.2) is 0 Å². The Kier molecular flexibility index (Phi) is 5.03. The predicted octanol–water partition coefficient (Wildman–Crippen LogP) is 1.80. The average Bonchev–Trinajstić information content (AvgIpc) is 3.19. The summed E-state index contributed by atoms with van der Waals surface area (Å²) < 4.78 is 13.3. The van der Waals surface area contributed by atoms with Gasteiger partial charge in [0.1, 0.15) is 11.8 Å². The second-order valence-electron chi connectivity index (χ2n) is 6.35. The molecule has 2 atom stereocenters. The van der Waals surface area contributed by atoms with Gasteiger partial charge in [0.05, 0.1) is 11.7 Å². The summed E-state index contributed by atoms with van der Waals surface area (Å²) in [5, 5.41) is 4.30. The molecule has 7 nitrogen and oxygen atoms in total. The van der Waals surface area contributed by atoms with Gasteiger partial charge in [-0.3, -0.25) is 14.5 Å². The van der Waals surface area contributed by atoms with Crippen LogP contribution in [-0.4, -0.2) is 51.9 Å². The molecule has 0 aromatic carbocycles. The molecular weight excluding hydrogens is 320 g/mol. The standard InChI is InChI=1S/C18H24N4O3/c1-12-17(13(2)22(4)20-12)25-11-16(23)21(3)15-7-9-24-18(15)14-6-5-8-19-10-14/h5-6,8,10,15,18H,7,9,11H2,1-4H3/t15-,18+/m0/s1. The van der Waals surface area contributed by atoms with Crippen LogP contribution in [-0.2, 0) is 16.6 Å². The summed E-state index contributed by atoms with van der Waals surface area (Å²) in [7, 11) is 3.66. The molecule has 1 saturated heterocycles. The molecule has 0 spiro atoms. The Hall–Kier alpha value is -2.41. The topological polar surface area (TPSA) is 69.5 Å². The summed E-state index contributed by atoms with van der Waals surface area (Å²) in [5.41, 5.74) is 2.68. The Balaban J connectivity index is 1.65. The van der Waals surface area contributed by atoms with Crippen LogP contribution >= 0.6 is 0 Å². The quantitative estimate of drug-likeness (QED) is 0.827. The van der Waals surface area contributed by atoms with Gasteiger partial charge in [-0.1, -0.05) is 6.07 Å². The molecule has 2 aromatic heterocycles. The van der Waals surface area contributed by atoms with Crippen LogP contribution in [0.1, 0.15) is 29.5 Å². The minimum absolute atomic E-state index is 0.0138. The number of aryl methyl sites for hydroxylation is 2. The third-order valence-electron chi connectivity index (χ3n) is 4.75. The largest absolute Gasteiger partial charge is 0.480 e. The molecule has 0 saturated carbocycles. The summed E-state index contributed by atoms with van der Waals surface area (Å²) in [6.07, 6.45) is 4.17. The Morgan fingerprint density at radius 2 is 2.28 bits per heavy atom. The number of hydrogen-bond donors (Lipinski definition) is 0. The third kappa shape index (κ3) is 3.51. The van der Waals surface area contributed by atoms with Crippen LogP contribution in [0.15, 0.2) is 24.5 Å². The van der Waals surface area contributed by atoms with Gasteiger partial charge < -0.3 is 14.4 Å². The molecule has 0 radical (unpaired) electrons. The van der Waals surface area contributed by atoms with Crippen molar-refractivity contribution in [1.82, 2.24) is 19.7 Å². The van der Waals surface area contributed by atoms with Gasteiger partial charge in [0.2, 0.25) is 0 Å². The molecule has 1 fully saturated rings. The van der Waals surface area contributed by atoms with E-state index in [9.17, 15) is 4.79 Å². The highest BCUT2D eigenvalue weighted by molar-refractivity contribution is 5.78. The Morgan fingerprint density at radius 1 is 1.48 bits per heavy atom. The maximum atomic E-state index is 12.6. The number of carbonyl (C=O) groups excluding carboxylic acids is 1. The zero-order chi connectivity index (χ0) is 18.0. The lowest BCUT2D eigenvalue weighted by Crippen LogP contribution is -2.41. The van der Waals surface area contributed by atoms with Gasteiger partial charge in [-0.05, 0) is 26.3 Å². The number of likely N-dealkylation sites (N-methyl/N-ethyl adjacent to an activating group) is 1. The summed E-state index contributed by atoms with van der Waals surface area (Å²) in [6.45, 7) is 4.41. The van der Waals surface area contributed by atoms with Crippen LogP contribution in [0.5, 0.6) is 5.75 Å². The minimum Gasteiger partial charge on any atom is -0.480 e. The van der Waals surface area contributed by atoms with E-state index in [1.165, 1.54) is 0 Å². The maximum Gasteiger partial charge on any atom is 0.260 e. The van der Waals surface area contributed by atoms with Crippen molar-refractivity contribution in [3.8, 4) is 5.75 Å². The number of carbonyl (C=O) groups is 1. The van der Waals surface area contributed by atoms with E-state index < -0.39 is 0 Å². The molecule has 134 valence electrons. The molecule has 1 amide bonds. The highest BCUT2D eigenvalue weighted by Gasteiger charge is 2.35. The Labute approximate surface area is 147 Å². The molecule has 1 aliphatic heterocycles. The highest BCUT2D eigenvalue weighted by Crippen LogP contribution is 2.32. The fourth-order valence-corrected chi connectivity index (χ4v) is 3.22. The van der Waals surface area contributed by atoms with Crippen LogP contribution in [0.3, 0.4) is 0 Å². The molecule has 25 heavy (non-hydrogen) atoms. The van der Waals surface area contributed by atoms with Crippen LogP contribution in [0.2, 0.25) is 0 Å². The SMILES string of the molecule is Cc1nn(C)c(C)c1OCC(=O)N(C)[C@H]1CCO[C@@H]1c1cccnc1. The molecule has 7 heteroatoms. The summed E-state index contributed by atoms with van der Waals surface area (Å²) in [5.74, 6) is 0.600. The Bertz CT molecular complexity index is 744. The van der Waals surface area contributed by atoms with E-state index in [2.05, 4.69) is 10.1 Å². The van der Waals surface area contributed by atoms with E-state index >= 15 is 0 Å². The molecule has 0 bridgehead atoms. The first-order valence-corrected chi connectivity index (χ1v) is 8.39. The first-order chi connectivity index (χ1) is 12.0. The van der Waals surface area contributed by atoms with Crippen LogP contribution in [0.25, 0.3) is 0 Å². The fraction of sp³-hybridized carbons (Fsp3) is 0.500. The molecule has 0 unspecified atom stereocenters. The average molecular weight is 344 g/mol. The molecule has 0 aliphatic carbocycles. The number of aromatic nitrogens is 3. The van der Waals surface area contributed by atoms with Gasteiger partial charge in [0.15, 0.2) is 12.4 Å². The monoisotopic (exact) mass is 344 g/mol. The fourth-order valence-electron chi connectivity index (χ4n) is 3.22. The summed E-state index contributed by atoms with van der Waals surface area (Å²) >= 11 is 0. The first-order valence-electron chi connectivity index (χ1n) is 8.39. The predicted molar refractivity (Wildman–Crippen MR) is 92.3 cm³/mol. The lowest BCUT2D eigenvalue weighted by molar-refractivity contribution is -0.135. The van der Waals surface area contributed by atoms with Gasteiger partial charge >= 0.3 is 0 Å². The third-order valence-corrected chi connectivity index (χ3v) is 4.75. The molecular formula is C18H24N4O3. The van der Waals surface area contributed by atoms with Gasteiger partial charge in [-0.15, -0.1) is 0 Å². The van der Waals surface area contributed by atoms with E-state index in [1.807, 2.05) is 33.0 Å². The van der Waals surface area contributed by atoms with Gasteiger partial charge in [-0.2, -0.15) is 5.10 Å². The zero-order valence-corrected chi connectivity index (χ0v) is 15.1. The first kappa shape index (κ1) is 17.4. The van der Waals surface area contributed by atoms with Crippen molar-refractivity contribution in [3.05, 3.63) is 41.5 Å². The second kappa shape index (κ2) is 7.23. The van der Waals surface area contributed by atoms with Crippen molar-refractivity contribution < 1.29 is 14.3 Å². The molecule has 3 rings (SSSR count). The van der Waals surface area contributed by atoms with Gasteiger partial charge in [0, 0.05) is 38.7 Å². The van der Waals surface area contributed by atoms with E-state index in [4.69, 9.17) is 9.47 Å². The zero-order valence-electron chi connectivity index (χ0n) is 15.1. The van der Waals surface area contributed by atoms with E-state index in [1.54, 1.807) is 29.0 Å². The van der Waals surface area contributed by atoms with Crippen LogP contribution in [0, 0.1) is 13.8 Å². The minimum atomic E-state index is -0.149.